The maximum atomic E-state index is 10.7. The lowest BCUT2D eigenvalue weighted by Crippen LogP contribution is -2.34. The molecule has 1 N–H and O–H groups in total. The normalized spacial score (nSPS) is 10.8. The number of nitro benzene ring substituents is 1. The van der Waals surface area contributed by atoms with Gasteiger partial charge in [-0.05, 0) is 19.9 Å². The first-order valence-electron chi connectivity index (χ1n) is 6.15. The van der Waals surface area contributed by atoms with Gasteiger partial charge in [-0.1, -0.05) is 0 Å². The highest BCUT2D eigenvalue weighted by atomic mass is 16.6. The fraction of sp³-hybridized carbons (Fsp3) is 0.538. The molecule has 0 aromatic heterocycles. The maximum Gasteiger partial charge on any atom is 0.269 e. The van der Waals surface area contributed by atoms with E-state index in [4.69, 9.17) is 4.74 Å². The van der Waals surface area contributed by atoms with Gasteiger partial charge in [0, 0.05) is 43.1 Å². The molecule has 6 heteroatoms. The van der Waals surface area contributed by atoms with E-state index in [1.165, 1.54) is 12.1 Å². The predicted molar refractivity (Wildman–Crippen MR) is 73.4 cm³/mol. The van der Waals surface area contributed by atoms with E-state index in [0.29, 0.717) is 18.7 Å². The van der Waals surface area contributed by atoms with Crippen LogP contribution in [0, 0.1) is 10.1 Å². The molecule has 1 rings (SSSR count). The van der Waals surface area contributed by atoms with Crippen molar-refractivity contribution in [3.8, 4) is 0 Å². The standard InChI is InChI=1S/C13H20N2O4/c1-10(2)14(6-7-19-3)13-5-4-12(15(17)18)8-11(13)9-16/h4-5,8,10,16H,6-7,9H2,1-3H3. The van der Waals surface area contributed by atoms with Gasteiger partial charge in [0.05, 0.1) is 18.1 Å². The van der Waals surface area contributed by atoms with Crippen LogP contribution in [-0.2, 0) is 11.3 Å². The van der Waals surface area contributed by atoms with E-state index in [-0.39, 0.29) is 18.3 Å². The van der Waals surface area contributed by atoms with Gasteiger partial charge in [0.2, 0.25) is 0 Å². The zero-order chi connectivity index (χ0) is 14.4. The summed E-state index contributed by atoms with van der Waals surface area (Å²) in [6.45, 7) is 5.04. The maximum absolute atomic E-state index is 10.7. The van der Waals surface area contributed by atoms with E-state index >= 15 is 0 Å². The summed E-state index contributed by atoms with van der Waals surface area (Å²) in [7, 11) is 1.63. The summed E-state index contributed by atoms with van der Waals surface area (Å²) >= 11 is 0. The fourth-order valence-corrected chi connectivity index (χ4v) is 1.94. The highest BCUT2D eigenvalue weighted by Gasteiger charge is 2.17. The Balaban J connectivity index is 3.11. The Morgan fingerprint density at radius 3 is 2.63 bits per heavy atom. The van der Waals surface area contributed by atoms with Crippen LogP contribution in [0.3, 0.4) is 0 Å². The first-order valence-corrected chi connectivity index (χ1v) is 6.15. The highest BCUT2D eigenvalue weighted by Crippen LogP contribution is 2.27. The van der Waals surface area contributed by atoms with Crippen molar-refractivity contribution in [2.75, 3.05) is 25.2 Å². The third-order valence-corrected chi connectivity index (χ3v) is 2.91. The Kier molecular flexibility index (Phi) is 5.72. The van der Waals surface area contributed by atoms with Crippen molar-refractivity contribution in [1.29, 1.82) is 0 Å². The van der Waals surface area contributed by atoms with Gasteiger partial charge < -0.3 is 14.7 Å². The summed E-state index contributed by atoms with van der Waals surface area (Å²) in [5, 5.41) is 20.1. The molecule has 19 heavy (non-hydrogen) atoms. The zero-order valence-electron chi connectivity index (χ0n) is 11.5. The Morgan fingerprint density at radius 1 is 1.47 bits per heavy atom. The second-order valence-electron chi connectivity index (χ2n) is 4.51. The number of hydrogen-bond donors (Lipinski definition) is 1. The molecule has 0 amide bonds. The van der Waals surface area contributed by atoms with Crippen molar-refractivity contribution in [3.05, 3.63) is 33.9 Å². The van der Waals surface area contributed by atoms with Crippen molar-refractivity contribution in [3.63, 3.8) is 0 Å². The van der Waals surface area contributed by atoms with E-state index in [0.717, 1.165) is 5.69 Å². The number of methoxy groups -OCH3 is 1. The molecule has 0 aliphatic heterocycles. The lowest BCUT2D eigenvalue weighted by molar-refractivity contribution is -0.384. The number of hydrogen-bond acceptors (Lipinski definition) is 5. The molecule has 0 fully saturated rings. The Hall–Kier alpha value is -1.66. The van der Waals surface area contributed by atoms with Crippen LogP contribution in [0.4, 0.5) is 11.4 Å². The van der Waals surface area contributed by atoms with Crippen LogP contribution in [-0.4, -0.2) is 36.3 Å². The number of non-ortho nitro benzene ring substituents is 1. The predicted octanol–water partition coefficient (Wildman–Crippen LogP) is 1.95. The van der Waals surface area contributed by atoms with Crippen molar-refractivity contribution in [2.45, 2.75) is 26.5 Å². The number of rotatable bonds is 7. The SMILES string of the molecule is COCCN(c1ccc([N+](=O)[O-])cc1CO)C(C)C. The van der Waals surface area contributed by atoms with E-state index < -0.39 is 4.92 Å². The Morgan fingerprint density at radius 2 is 2.16 bits per heavy atom. The third kappa shape index (κ3) is 3.90. The number of ether oxygens (including phenoxy) is 1. The molecule has 6 nitrogen and oxygen atoms in total. The quantitative estimate of drug-likeness (QED) is 0.604. The Labute approximate surface area is 112 Å². The van der Waals surface area contributed by atoms with Crippen LogP contribution in [0.2, 0.25) is 0 Å². The average Bonchev–Trinajstić information content (AvgIpc) is 2.38. The summed E-state index contributed by atoms with van der Waals surface area (Å²) in [6.07, 6.45) is 0. The van der Waals surface area contributed by atoms with E-state index in [9.17, 15) is 15.2 Å². The van der Waals surface area contributed by atoms with Gasteiger partial charge in [-0.3, -0.25) is 10.1 Å². The average molecular weight is 268 g/mol. The van der Waals surface area contributed by atoms with E-state index in [2.05, 4.69) is 4.90 Å². The molecular weight excluding hydrogens is 248 g/mol. The minimum atomic E-state index is -0.461. The number of aliphatic hydroxyl groups is 1. The molecule has 0 unspecified atom stereocenters. The molecule has 0 heterocycles. The molecule has 0 radical (unpaired) electrons. The fourth-order valence-electron chi connectivity index (χ4n) is 1.94. The van der Waals surface area contributed by atoms with Crippen LogP contribution in [0.5, 0.6) is 0 Å². The van der Waals surface area contributed by atoms with Gasteiger partial charge in [-0.2, -0.15) is 0 Å². The molecule has 106 valence electrons. The summed E-state index contributed by atoms with van der Waals surface area (Å²) < 4.78 is 5.07. The first kappa shape index (κ1) is 15.4. The first-order chi connectivity index (χ1) is 9.01. The Bertz CT molecular complexity index is 435. The molecule has 0 saturated heterocycles. The molecule has 0 atom stereocenters. The number of nitro groups is 1. The molecule has 1 aromatic carbocycles. The highest BCUT2D eigenvalue weighted by molar-refractivity contribution is 5.58. The van der Waals surface area contributed by atoms with E-state index in [1.807, 2.05) is 13.8 Å². The number of anilines is 1. The molecule has 0 saturated carbocycles. The largest absolute Gasteiger partial charge is 0.392 e. The van der Waals surface area contributed by atoms with Gasteiger partial charge in [-0.15, -0.1) is 0 Å². The van der Waals surface area contributed by atoms with Gasteiger partial charge in [0.1, 0.15) is 0 Å². The summed E-state index contributed by atoms with van der Waals surface area (Å²) in [4.78, 5) is 12.3. The molecular formula is C13H20N2O4. The zero-order valence-corrected chi connectivity index (χ0v) is 11.5. The van der Waals surface area contributed by atoms with Gasteiger partial charge in [0.25, 0.3) is 5.69 Å². The number of nitrogens with zero attached hydrogens (tertiary/aromatic N) is 2. The monoisotopic (exact) mass is 268 g/mol. The third-order valence-electron chi connectivity index (χ3n) is 2.91. The van der Waals surface area contributed by atoms with Gasteiger partial charge in [-0.25, -0.2) is 0 Å². The van der Waals surface area contributed by atoms with Crippen LogP contribution in [0.15, 0.2) is 18.2 Å². The van der Waals surface area contributed by atoms with Gasteiger partial charge >= 0.3 is 0 Å². The number of benzene rings is 1. The molecule has 0 aliphatic rings. The molecule has 0 spiro atoms. The van der Waals surface area contributed by atoms with Crippen LogP contribution in [0.1, 0.15) is 19.4 Å². The van der Waals surface area contributed by atoms with Crippen molar-refractivity contribution in [1.82, 2.24) is 0 Å². The summed E-state index contributed by atoms with van der Waals surface area (Å²) in [5.41, 5.74) is 1.35. The smallest absolute Gasteiger partial charge is 0.269 e. The topological polar surface area (TPSA) is 75.8 Å². The molecule has 0 bridgehead atoms. The van der Waals surface area contributed by atoms with Crippen LogP contribution in [0.25, 0.3) is 0 Å². The van der Waals surface area contributed by atoms with Crippen molar-refractivity contribution in [2.24, 2.45) is 0 Å². The molecule has 0 aliphatic carbocycles. The number of aliphatic hydroxyl groups excluding tert-OH is 1. The second kappa shape index (κ2) is 7.06. The van der Waals surface area contributed by atoms with Crippen molar-refractivity contribution < 1.29 is 14.8 Å². The lowest BCUT2D eigenvalue weighted by Gasteiger charge is -2.30. The summed E-state index contributed by atoms with van der Waals surface area (Å²) in [6, 6.07) is 4.76. The van der Waals surface area contributed by atoms with Crippen molar-refractivity contribution >= 4 is 11.4 Å². The van der Waals surface area contributed by atoms with Crippen LogP contribution >= 0.6 is 0 Å². The van der Waals surface area contributed by atoms with Gasteiger partial charge in [0.15, 0.2) is 0 Å². The minimum Gasteiger partial charge on any atom is -0.392 e. The minimum absolute atomic E-state index is 0.0109. The molecule has 1 aromatic rings. The van der Waals surface area contributed by atoms with E-state index in [1.54, 1.807) is 13.2 Å². The van der Waals surface area contributed by atoms with Crippen LogP contribution < -0.4 is 4.90 Å². The lowest BCUT2D eigenvalue weighted by atomic mass is 10.1. The second-order valence-corrected chi connectivity index (χ2v) is 4.51. The summed E-state index contributed by atoms with van der Waals surface area (Å²) in [5.74, 6) is 0.